The van der Waals surface area contributed by atoms with E-state index in [0.717, 1.165) is 52.9 Å². The highest BCUT2D eigenvalue weighted by atomic mass is 79.9. The number of nitrogens with one attached hydrogen (secondary N) is 2. The average molecular weight is 501 g/mol. The van der Waals surface area contributed by atoms with Crippen molar-refractivity contribution in [1.29, 1.82) is 0 Å². The van der Waals surface area contributed by atoms with E-state index >= 15 is 0 Å². The van der Waals surface area contributed by atoms with Crippen LogP contribution < -0.4 is 10.9 Å². The van der Waals surface area contributed by atoms with Crippen LogP contribution in [0.2, 0.25) is 0 Å². The molecular formula is C24H29BrN4O3. The minimum atomic E-state index is -0.256. The number of amides is 1. The molecule has 1 fully saturated rings. The minimum Gasteiger partial charge on any atom is -0.393 e. The number of aliphatic hydroxyl groups excluding tert-OH is 1. The molecule has 1 aliphatic heterocycles. The molecule has 0 spiro atoms. The van der Waals surface area contributed by atoms with Crippen molar-refractivity contribution in [3.05, 3.63) is 73.4 Å². The number of carbonyl (C=O) groups excluding carboxylic acids is 1. The summed E-state index contributed by atoms with van der Waals surface area (Å²) in [7, 11) is 0. The number of carbonyl (C=O) groups is 1. The quantitative estimate of drug-likeness (QED) is 0.500. The van der Waals surface area contributed by atoms with Gasteiger partial charge in [-0.15, -0.1) is 0 Å². The van der Waals surface area contributed by atoms with E-state index in [1.165, 1.54) is 0 Å². The van der Waals surface area contributed by atoms with Crippen LogP contribution >= 0.6 is 15.9 Å². The van der Waals surface area contributed by atoms with Crippen LogP contribution in [0.3, 0.4) is 0 Å². The van der Waals surface area contributed by atoms with Crippen LogP contribution in [0.4, 0.5) is 0 Å². The summed E-state index contributed by atoms with van der Waals surface area (Å²) in [5.74, 6) is -0.213. The van der Waals surface area contributed by atoms with Gasteiger partial charge in [0.2, 0.25) is 0 Å². The van der Waals surface area contributed by atoms with Crippen molar-refractivity contribution >= 4 is 27.4 Å². The highest BCUT2D eigenvalue weighted by molar-refractivity contribution is 9.10. The van der Waals surface area contributed by atoms with Crippen LogP contribution in [0.1, 0.15) is 58.7 Å². The highest BCUT2D eigenvalue weighted by Gasteiger charge is 2.27. The number of aliphatic hydroxyl groups is 1. The Bertz CT molecular complexity index is 1210. The number of pyridine rings is 2. The number of piperidine rings is 1. The molecule has 1 saturated heterocycles. The number of H-pyrrole nitrogens is 1. The Morgan fingerprint density at radius 3 is 2.69 bits per heavy atom. The number of hydrogen-bond donors (Lipinski definition) is 3. The number of aromatic nitrogens is 2. The van der Waals surface area contributed by atoms with Gasteiger partial charge in [0.05, 0.1) is 17.4 Å². The second-order valence-corrected chi connectivity index (χ2v) is 9.57. The first-order chi connectivity index (χ1) is 15.2. The fraction of sp³-hybridized carbons (Fsp3) is 0.417. The Kier molecular flexibility index (Phi) is 6.55. The lowest BCUT2D eigenvalue weighted by molar-refractivity contribution is 0.0628. The van der Waals surface area contributed by atoms with Gasteiger partial charge in [-0.05, 0) is 79.4 Å². The van der Waals surface area contributed by atoms with Crippen molar-refractivity contribution in [2.75, 3.05) is 13.1 Å². The third-order valence-corrected chi connectivity index (χ3v) is 6.81. The molecule has 32 heavy (non-hydrogen) atoms. The highest BCUT2D eigenvalue weighted by Crippen LogP contribution is 2.30. The van der Waals surface area contributed by atoms with Gasteiger partial charge in [0.15, 0.2) is 0 Å². The Balaban J connectivity index is 1.66. The van der Waals surface area contributed by atoms with E-state index in [1.54, 1.807) is 0 Å². The number of halogens is 1. The number of rotatable bonds is 5. The molecule has 3 aromatic heterocycles. The van der Waals surface area contributed by atoms with Gasteiger partial charge in [-0.25, -0.2) is 0 Å². The lowest BCUT2D eigenvalue weighted by Gasteiger charge is -2.35. The lowest BCUT2D eigenvalue weighted by Crippen LogP contribution is -2.39. The van der Waals surface area contributed by atoms with Crippen molar-refractivity contribution in [3.8, 4) is 0 Å². The molecule has 4 rings (SSSR count). The molecule has 3 N–H and O–H groups in total. The summed E-state index contributed by atoms with van der Waals surface area (Å²) >= 11 is 3.55. The van der Waals surface area contributed by atoms with E-state index in [9.17, 15) is 14.7 Å². The number of likely N-dealkylation sites (tertiary alicyclic amines) is 1. The Hall–Kier alpha value is -2.42. The summed E-state index contributed by atoms with van der Waals surface area (Å²) in [5.41, 5.74) is 4.53. The zero-order chi connectivity index (χ0) is 23.0. The van der Waals surface area contributed by atoms with Crippen LogP contribution in [-0.4, -0.2) is 44.5 Å². The molecule has 3 aromatic rings. The first kappa shape index (κ1) is 22.8. The van der Waals surface area contributed by atoms with E-state index in [1.807, 2.05) is 44.3 Å². The summed E-state index contributed by atoms with van der Waals surface area (Å²) in [4.78, 5) is 30.8. The number of aryl methyl sites for hydroxylation is 2. The molecule has 0 saturated carbocycles. The van der Waals surface area contributed by atoms with Gasteiger partial charge in [0.25, 0.3) is 11.5 Å². The maximum atomic E-state index is 13.3. The fourth-order valence-corrected chi connectivity index (χ4v) is 5.04. The smallest absolute Gasteiger partial charge is 0.253 e. The second kappa shape index (κ2) is 9.21. The molecule has 1 unspecified atom stereocenters. The number of nitrogens with zero attached hydrogens (tertiary/aromatic N) is 2. The van der Waals surface area contributed by atoms with Gasteiger partial charge in [-0.1, -0.05) is 0 Å². The zero-order valence-corrected chi connectivity index (χ0v) is 20.2. The number of aromatic amines is 1. The van der Waals surface area contributed by atoms with Crippen LogP contribution in [0.25, 0.3) is 5.52 Å². The molecular weight excluding hydrogens is 472 g/mol. The van der Waals surface area contributed by atoms with Crippen LogP contribution in [0.15, 0.2) is 39.7 Å². The summed E-state index contributed by atoms with van der Waals surface area (Å²) in [6.45, 7) is 7.55. The molecule has 0 bridgehead atoms. The molecule has 0 radical (unpaired) electrons. The second-order valence-electron chi connectivity index (χ2n) is 8.65. The van der Waals surface area contributed by atoms with Gasteiger partial charge < -0.3 is 19.8 Å². The van der Waals surface area contributed by atoms with E-state index in [4.69, 9.17) is 0 Å². The molecule has 170 valence electrons. The minimum absolute atomic E-state index is 0.0178. The van der Waals surface area contributed by atoms with Crippen molar-refractivity contribution < 1.29 is 9.90 Å². The first-order valence-electron chi connectivity index (χ1n) is 10.9. The van der Waals surface area contributed by atoms with Crippen LogP contribution in [-0.2, 0) is 6.54 Å². The molecule has 0 aromatic carbocycles. The molecule has 4 heterocycles. The van der Waals surface area contributed by atoms with E-state index in [-0.39, 0.29) is 30.2 Å². The normalized spacial score (nSPS) is 16.4. The molecule has 1 amide bonds. The first-order valence-corrected chi connectivity index (χ1v) is 11.7. The maximum absolute atomic E-state index is 13.3. The largest absolute Gasteiger partial charge is 0.393 e. The van der Waals surface area contributed by atoms with Crippen molar-refractivity contribution in [2.45, 2.75) is 52.3 Å². The predicted octanol–water partition coefficient (Wildman–Crippen LogP) is 3.45. The Labute approximate surface area is 195 Å². The molecule has 1 atom stereocenters. The average Bonchev–Trinajstić information content (AvgIpc) is 3.12. The SMILES string of the molecule is Cc1cc(C)c(CNC(=O)c2ccc3cc(Br)cn3c2C(C)N2CCC(O)CC2)c(=O)[nH]1. The Morgan fingerprint density at radius 1 is 1.28 bits per heavy atom. The monoisotopic (exact) mass is 500 g/mol. The summed E-state index contributed by atoms with van der Waals surface area (Å²) in [6.07, 6.45) is 3.18. The summed E-state index contributed by atoms with van der Waals surface area (Å²) in [5, 5.41) is 12.9. The molecule has 8 heteroatoms. The van der Waals surface area contributed by atoms with Crippen LogP contribution in [0.5, 0.6) is 0 Å². The van der Waals surface area contributed by atoms with Gasteiger partial charge in [0, 0.05) is 53.1 Å². The topological polar surface area (TPSA) is 89.8 Å². The summed E-state index contributed by atoms with van der Waals surface area (Å²) in [6, 6.07) is 7.70. The zero-order valence-electron chi connectivity index (χ0n) is 18.6. The van der Waals surface area contributed by atoms with E-state index in [0.29, 0.717) is 11.1 Å². The van der Waals surface area contributed by atoms with Gasteiger partial charge in [0.1, 0.15) is 0 Å². The predicted molar refractivity (Wildman–Crippen MR) is 128 cm³/mol. The van der Waals surface area contributed by atoms with Gasteiger partial charge in [-0.3, -0.25) is 14.5 Å². The van der Waals surface area contributed by atoms with Crippen molar-refractivity contribution in [2.24, 2.45) is 0 Å². The molecule has 0 aliphatic carbocycles. The van der Waals surface area contributed by atoms with Gasteiger partial charge in [-0.2, -0.15) is 0 Å². The maximum Gasteiger partial charge on any atom is 0.253 e. The third kappa shape index (κ3) is 4.53. The third-order valence-electron chi connectivity index (χ3n) is 6.38. The molecule has 7 nitrogen and oxygen atoms in total. The number of hydrogen-bond acceptors (Lipinski definition) is 4. The molecule has 1 aliphatic rings. The fourth-order valence-electron chi connectivity index (χ4n) is 4.60. The standard InChI is InChI=1S/C24H29BrN4O3/c1-14-10-15(2)27-24(32)21(14)12-26-23(31)20-5-4-18-11-17(25)13-29(18)22(20)16(3)28-8-6-19(30)7-9-28/h4-5,10-11,13,16,19,30H,6-9,12H2,1-3H3,(H,26,31)(H,27,32). The Morgan fingerprint density at radius 2 is 2.00 bits per heavy atom. The van der Waals surface area contributed by atoms with E-state index in [2.05, 4.69) is 42.5 Å². The van der Waals surface area contributed by atoms with E-state index < -0.39 is 0 Å². The van der Waals surface area contributed by atoms with Crippen molar-refractivity contribution in [3.63, 3.8) is 0 Å². The lowest BCUT2D eigenvalue weighted by atomic mass is 10.0. The van der Waals surface area contributed by atoms with Crippen LogP contribution in [0, 0.1) is 13.8 Å². The summed E-state index contributed by atoms with van der Waals surface area (Å²) < 4.78 is 3.00. The van der Waals surface area contributed by atoms with Gasteiger partial charge >= 0.3 is 0 Å². The number of fused-ring (bicyclic) bond motifs is 1. The van der Waals surface area contributed by atoms with Crippen molar-refractivity contribution in [1.82, 2.24) is 19.6 Å².